The minimum absolute atomic E-state index is 0.0458. The van der Waals surface area contributed by atoms with E-state index in [-0.39, 0.29) is 16.9 Å². The van der Waals surface area contributed by atoms with E-state index in [9.17, 15) is 9.59 Å². The number of amides is 1. The molecule has 0 saturated heterocycles. The van der Waals surface area contributed by atoms with Crippen LogP contribution in [0.4, 0.5) is 5.69 Å². The van der Waals surface area contributed by atoms with Gasteiger partial charge in [0.25, 0.3) is 0 Å². The number of aromatic nitrogens is 3. The van der Waals surface area contributed by atoms with Gasteiger partial charge in [-0.3, -0.25) is 9.59 Å². The number of Topliss-reactive ketones (excluding diaryl/α,β-unsaturated/α-hetero) is 1. The lowest BCUT2D eigenvalue weighted by atomic mass is 10.1. The first-order chi connectivity index (χ1) is 13.6. The van der Waals surface area contributed by atoms with E-state index in [1.165, 1.54) is 18.7 Å². The Hall–Kier alpha value is -3.06. The molecular formula is C21H20N4O2S. The highest BCUT2D eigenvalue weighted by molar-refractivity contribution is 8.00. The van der Waals surface area contributed by atoms with Crippen LogP contribution in [0.15, 0.2) is 66.0 Å². The van der Waals surface area contributed by atoms with Crippen molar-refractivity contribution >= 4 is 29.1 Å². The summed E-state index contributed by atoms with van der Waals surface area (Å²) >= 11 is 1.27. The lowest BCUT2D eigenvalue weighted by Crippen LogP contribution is -2.25. The zero-order valence-electron chi connectivity index (χ0n) is 15.6. The minimum atomic E-state index is -0.370. The number of nitrogens with zero attached hydrogens (tertiary/aromatic N) is 3. The molecule has 0 aliphatic rings. The Morgan fingerprint density at radius 1 is 1.07 bits per heavy atom. The van der Waals surface area contributed by atoms with Crippen molar-refractivity contribution in [1.82, 2.24) is 15.2 Å². The van der Waals surface area contributed by atoms with Gasteiger partial charge in [-0.15, -0.1) is 10.2 Å². The van der Waals surface area contributed by atoms with E-state index in [0.29, 0.717) is 28.5 Å². The van der Waals surface area contributed by atoms with Crippen LogP contribution in [-0.4, -0.2) is 32.1 Å². The van der Waals surface area contributed by atoms with Crippen molar-refractivity contribution in [3.8, 4) is 11.3 Å². The molecule has 1 atom stereocenters. The first-order valence-electron chi connectivity index (χ1n) is 8.90. The van der Waals surface area contributed by atoms with Crippen molar-refractivity contribution in [1.29, 1.82) is 0 Å². The van der Waals surface area contributed by atoms with E-state index in [1.54, 1.807) is 30.5 Å². The van der Waals surface area contributed by atoms with Gasteiger partial charge < -0.3 is 5.32 Å². The van der Waals surface area contributed by atoms with Gasteiger partial charge in [-0.25, -0.2) is 4.98 Å². The molecule has 1 unspecified atom stereocenters. The van der Waals surface area contributed by atoms with Crippen molar-refractivity contribution in [2.45, 2.75) is 30.7 Å². The van der Waals surface area contributed by atoms with E-state index in [4.69, 9.17) is 0 Å². The van der Waals surface area contributed by atoms with Crippen LogP contribution in [-0.2, 0) is 4.79 Å². The Bertz CT molecular complexity index is 962. The first kappa shape index (κ1) is 19.7. The van der Waals surface area contributed by atoms with Gasteiger partial charge in [0.2, 0.25) is 11.1 Å². The molecule has 0 spiro atoms. The minimum Gasteiger partial charge on any atom is -0.325 e. The van der Waals surface area contributed by atoms with Gasteiger partial charge >= 0.3 is 0 Å². The van der Waals surface area contributed by atoms with E-state index < -0.39 is 0 Å². The summed E-state index contributed by atoms with van der Waals surface area (Å²) in [6.45, 7) is 3.42. The van der Waals surface area contributed by atoms with E-state index >= 15 is 0 Å². The predicted octanol–water partition coefficient (Wildman–Crippen LogP) is 4.25. The maximum Gasteiger partial charge on any atom is 0.237 e. The second kappa shape index (κ2) is 9.23. The standard InChI is InChI=1S/C21H20N4O2S/c1-3-19(20(27)23-17-11-7-10-16(12-17)14(2)26)28-21-22-13-18(24-25-21)15-8-5-4-6-9-15/h4-13,19H,3H2,1-2H3,(H,23,27). The van der Waals surface area contributed by atoms with Crippen molar-refractivity contribution < 1.29 is 9.59 Å². The van der Waals surface area contributed by atoms with Crippen LogP contribution in [0.5, 0.6) is 0 Å². The molecule has 6 nitrogen and oxygen atoms in total. The number of hydrogen-bond donors (Lipinski definition) is 1. The molecule has 0 saturated carbocycles. The topological polar surface area (TPSA) is 84.8 Å². The number of rotatable bonds is 7. The Kier molecular flexibility index (Phi) is 6.49. The third-order valence-electron chi connectivity index (χ3n) is 4.06. The summed E-state index contributed by atoms with van der Waals surface area (Å²) in [7, 11) is 0. The Balaban J connectivity index is 1.67. The number of carbonyl (C=O) groups excluding carboxylic acids is 2. The molecule has 0 radical (unpaired) electrons. The van der Waals surface area contributed by atoms with Gasteiger partial charge in [0.15, 0.2) is 5.78 Å². The van der Waals surface area contributed by atoms with Gasteiger partial charge in [0.05, 0.1) is 11.4 Å². The zero-order valence-corrected chi connectivity index (χ0v) is 16.4. The molecule has 0 bridgehead atoms. The van der Waals surface area contributed by atoms with Gasteiger partial charge in [-0.05, 0) is 25.5 Å². The van der Waals surface area contributed by atoms with Crippen LogP contribution in [0.3, 0.4) is 0 Å². The summed E-state index contributed by atoms with van der Waals surface area (Å²) in [4.78, 5) is 28.5. The third kappa shape index (κ3) is 5.01. The molecule has 1 heterocycles. The van der Waals surface area contributed by atoms with Crippen molar-refractivity contribution in [2.75, 3.05) is 5.32 Å². The number of benzene rings is 2. The van der Waals surface area contributed by atoms with Gasteiger partial charge in [-0.1, -0.05) is 61.2 Å². The summed E-state index contributed by atoms with van der Waals surface area (Å²) in [5, 5.41) is 11.3. The average Bonchev–Trinajstić information content (AvgIpc) is 2.73. The third-order valence-corrected chi connectivity index (χ3v) is 5.29. The summed E-state index contributed by atoms with van der Waals surface area (Å²) in [5.41, 5.74) is 2.77. The molecule has 0 aliphatic carbocycles. The molecule has 2 aromatic carbocycles. The number of anilines is 1. The van der Waals surface area contributed by atoms with E-state index in [1.807, 2.05) is 37.3 Å². The number of carbonyl (C=O) groups is 2. The fraction of sp³-hybridized carbons (Fsp3) is 0.190. The van der Waals surface area contributed by atoms with Crippen LogP contribution in [0.1, 0.15) is 30.6 Å². The lowest BCUT2D eigenvalue weighted by molar-refractivity contribution is -0.115. The summed E-state index contributed by atoms with van der Waals surface area (Å²) in [5.74, 6) is -0.209. The van der Waals surface area contributed by atoms with E-state index in [0.717, 1.165) is 5.56 Å². The highest BCUT2D eigenvalue weighted by Gasteiger charge is 2.20. The Labute approximate surface area is 167 Å². The summed E-state index contributed by atoms with van der Waals surface area (Å²) in [6, 6.07) is 16.6. The van der Waals surface area contributed by atoms with Crippen LogP contribution in [0.2, 0.25) is 0 Å². The van der Waals surface area contributed by atoms with Gasteiger partial charge in [0, 0.05) is 16.8 Å². The van der Waals surface area contributed by atoms with Crippen LogP contribution in [0, 0.1) is 0 Å². The maximum atomic E-state index is 12.6. The summed E-state index contributed by atoms with van der Waals surface area (Å²) < 4.78 is 0. The van der Waals surface area contributed by atoms with Crippen LogP contribution >= 0.6 is 11.8 Å². The SMILES string of the molecule is CCC(Sc1ncc(-c2ccccc2)nn1)C(=O)Nc1cccc(C(C)=O)c1. The van der Waals surface area contributed by atoms with Crippen LogP contribution < -0.4 is 5.32 Å². The smallest absolute Gasteiger partial charge is 0.237 e. The van der Waals surface area contributed by atoms with Crippen LogP contribution in [0.25, 0.3) is 11.3 Å². The molecule has 3 aromatic rings. The molecule has 3 rings (SSSR count). The number of thioether (sulfide) groups is 1. The van der Waals surface area contributed by atoms with Crippen molar-refractivity contribution in [3.05, 3.63) is 66.4 Å². The summed E-state index contributed by atoms with van der Waals surface area (Å²) in [6.07, 6.45) is 2.26. The highest BCUT2D eigenvalue weighted by Crippen LogP contribution is 2.24. The monoisotopic (exact) mass is 392 g/mol. The molecular weight excluding hydrogens is 372 g/mol. The second-order valence-corrected chi connectivity index (χ2v) is 7.30. The van der Waals surface area contributed by atoms with Crippen molar-refractivity contribution in [3.63, 3.8) is 0 Å². The number of ketones is 1. The van der Waals surface area contributed by atoms with Crippen molar-refractivity contribution in [2.24, 2.45) is 0 Å². The molecule has 0 aliphatic heterocycles. The molecule has 28 heavy (non-hydrogen) atoms. The highest BCUT2D eigenvalue weighted by atomic mass is 32.2. The average molecular weight is 392 g/mol. The Morgan fingerprint density at radius 2 is 1.86 bits per heavy atom. The fourth-order valence-corrected chi connectivity index (χ4v) is 3.34. The largest absolute Gasteiger partial charge is 0.325 e. The second-order valence-electron chi connectivity index (χ2n) is 6.13. The molecule has 1 amide bonds. The van der Waals surface area contributed by atoms with Gasteiger partial charge in [-0.2, -0.15) is 0 Å². The van der Waals surface area contributed by atoms with Gasteiger partial charge in [0.1, 0.15) is 5.69 Å². The Morgan fingerprint density at radius 3 is 2.50 bits per heavy atom. The molecule has 7 heteroatoms. The molecule has 0 fully saturated rings. The molecule has 1 N–H and O–H groups in total. The first-order valence-corrected chi connectivity index (χ1v) is 9.78. The lowest BCUT2D eigenvalue weighted by Gasteiger charge is -2.14. The normalized spacial score (nSPS) is 11.6. The fourth-order valence-electron chi connectivity index (χ4n) is 2.55. The number of hydrogen-bond acceptors (Lipinski definition) is 6. The number of nitrogens with one attached hydrogen (secondary N) is 1. The zero-order chi connectivity index (χ0) is 19.9. The predicted molar refractivity (Wildman–Crippen MR) is 110 cm³/mol. The molecule has 1 aromatic heterocycles. The van der Waals surface area contributed by atoms with E-state index in [2.05, 4.69) is 20.5 Å². The molecule has 142 valence electrons. The maximum absolute atomic E-state index is 12.6. The quantitative estimate of drug-likeness (QED) is 0.478.